The lowest BCUT2D eigenvalue weighted by Gasteiger charge is -2.22. The van der Waals surface area contributed by atoms with Crippen molar-refractivity contribution in [1.82, 2.24) is 20.0 Å². The van der Waals surface area contributed by atoms with E-state index >= 15 is 0 Å². The lowest BCUT2D eigenvalue weighted by Crippen LogP contribution is -2.32. The Morgan fingerprint density at radius 3 is 2.85 bits per heavy atom. The average molecular weight is 391 g/mol. The van der Waals surface area contributed by atoms with Gasteiger partial charge in [-0.2, -0.15) is 5.10 Å². The molecule has 0 saturated heterocycles. The molecule has 1 aliphatic heterocycles. The molecule has 2 N–H and O–H groups in total. The summed E-state index contributed by atoms with van der Waals surface area (Å²) < 4.78 is 1.40. The van der Waals surface area contributed by atoms with Gasteiger partial charge in [-0.05, 0) is 24.1 Å². The Morgan fingerprint density at radius 2 is 2.15 bits per heavy atom. The molecule has 27 heavy (non-hydrogen) atoms. The fraction of sp³-hybridized carbons (Fsp3) is 0.421. The number of aliphatic hydroxyl groups excluding tert-OH is 1. The average Bonchev–Trinajstić information content (AvgIpc) is 3.02. The SMILES string of the molecule is CCCCN(Cc1ccc(Cl)cc1)C(=O)c1cc2n(n1)C[C@H](O)CNC2=O. The van der Waals surface area contributed by atoms with E-state index < -0.39 is 6.10 Å². The Bertz CT molecular complexity index is 819. The normalized spacial score (nSPS) is 16.4. The van der Waals surface area contributed by atoms with Crippen LogP contribution in [0.5, 0.6) is 0 Å². The number of rotatable bonds is 6. The predicted molar refractivity (Wildman–Crippen MR) is 102 cm³/mol. The highest BCUT2D eigenvalue weighted by Crippen LogP contribution is 2.16. The van der Waals surface area contributed by atoms with E-state index in [1.165, 1.54) is 10.7 Å². The summed E-state index contributed by atoms with van der Waals surface area (Å²) in [7, 11) is 0. The quantitative estimate of drug-likeness (QED) is 0.790. The molecule has 0 unspecified atom stereocenters. The summed E-state index contributed by atoms with van der Waals surface area (Å²) in [6.45, 7) is 3.44. The molecular weight excluding hydrogens is 368 g/mol. The number of carbonyl (C=O) groups excluding carboxylic acids is 2. The first kappa shape index (κ1) is 19.4. The van der Waals surface area contributed by atoms with Crippen molar-refractivity contribution in [3.05, 3.63) is 52.3 Å². The number of carbonyl (C=O) groups is 2. The molecule has 0 fully saturated rings. The second-order valence-corrected chi connectivity index (χ2v) is 7.10. The van der Waals surface area contributed by atoms with Crippen molar-refractivity contribution in [2.24, 2.45) is 0 Å². The third-order valence-electron chi connectivity index (χ3n) is 4.47. The molecule has 2 heterocycles. The van der Waals surface area contributed by atoms with Crippen LogP contribution in [0, 0.1) is 0 Å². The van der Waals surface area contributed by atoms with Gasteiger partial charge in [-0.25, -0.2) is 0 Å². The van der Waals surface area contributed by atoms with E-state index in [1.54, 1.807) is 17.0 Å². The van der Waals surface area contributed by atoms with E-state index in [1.807, 2.05) is 12.1 Å². The molecule has 1 aromatic heterocycles. The molecule has 8 heteroatoms. The molecule has 144 valence electrons. The van der Waals surface area contributed by atoms with Crippen LogP contribution in [0.15, 0.2) is 30.3 Å². The van der Waals surface area contributed by atoms with E-state index in [4.69, 9.17) is 11.6 Å². The van der Waals surface area contributed by atoms with Gasteiger partial charge in [0.2, 0.25) is 0 Å². The summed E-state index contributed by atoms with van der Waals surface area (Å²) in [4.78, 5) is 26.9. The maximum absolute atomic E-state index is 13.0. The van der Waals surface area contributed by atoms with Gasteiger partial charge in [0.05, 0.1) is 12.6 Å². The third kappa shape index (κ3) is 4.67. The van der Waals surface area contributed by atoms with E-state index in [0.29, 0.717) is 18.1 Å². The van der Waals surface area contributed by atoms with Gasteiger partial charge in [0.1, 0.15) is 5.69 Å². The summed E-state index contributed by atoms with van der Waals surface area (Å²) in [5, 5.41) is 17.4. The van der Waals surface area contributed by atoms with Gasteiger partial charge in [-0.15, -0.1) is 0 Å². The van der Waals surface area contributed by atoms with Gasteiger partial charge in [0, 0.05) is 30.7 Å². The maximum Gasteiger partial charge on any atom is 0.274 e. The molecule has 2 aromatic rings. The summed E-state index contributed by atoms with van der Waals surface area (Å²) >= 11 is 5.94. The van der Waals surface area contributed by atoms with Crippen molar-refractivity contribution in [3.8, 4) is 0 Å². The number of hydrogen-bond acceptors (Lipinski definition) is 4. The molecule has 7 nitrogen and oxygen atoms in total. The second kappa shape index (κ2) is 8.54. The van der Waals surface area contributed by atoms with Crippen LogP contribution < -0.4 is 5.32 Å². The standard InChI is InChI=1S/C19H23ClN4O3/c1-2-3-8-23(11-13-4-6-14(20)7-5-13)19(27)16-9-17-18(26)21-10-15(25)12-24(17)22-16/h4-7,9,15,25H,2-3,8,10-12H2,1H3,(H,21,26)/t15-/m1/s1. The minimum Gasteiger partial charge on any atom is -0.389 e. The summed E-state index contributed by atoms with van der Waals surface area (Å²) in [5.41, 5.74) is 1.47. The van der Waals surface area contributed by atoms with Crippen molar-refractivity contribution >= 4 is 23.4 Å². The van der Waals surface area contributed by atoms with E-state index in [9.17, 15) is 14.7 Å². The Hall–Kier alpha value is -2.38. The smallest absolute Gasteiger partial charge is 0.274 e. The molecule has 0 saturated carbocycles. The summed E-state index contributed by atoms with van der Waals surface area (Å²) in [5.74, 6) is -0.572. The number of β-amino-alcohol motifs (C(OH)–C–C–N with tert-alkyl or cyclic N) is 1. The number of fused-ring (bicyclic) bond motifs is 1. The van der Waals surface area contributed by atoms with Crippen LogP contribution in [0.2, 0.25) is 5.02 Å². The van der Waals surface area contributed by atoms with E-state index in [2.05, 4.69) is 17.3 Å². The van der Waals surface area contributed by atoms with Crippen LogP contribution in [0.3, 0.4) is 0 Å². The highest BCUT2D eigenvalue weighted by Gasteiger charge is 2.26. The highest BCUT2D eigenvalue weighted by molar-refractivity contribution is 6.30. The maximum atomic E-state index is 13.0. The fourth-order valence-electron chi connectivity index (χ4n) is 2.98. The van der Waals surface area contributed by atoms with Crippen molar-refractivity contribution in [2.45, 2.75) is 39.0 Å². The van der Waals surface area contributed by atoms with Gasteiger partial charge in [0.25, 0.3) is 11.8 Å². The lowest BCUT2D eigenvalue weighted by molar-refractivity contribution is 0.0732. The van der Waals surface area contributed by atoms with Crippen molar-refractivity contribution in [1.29, 1.82) is 0 Å². The lowest BCUT2D eigenvalue weighted by atomic mass is 10.2. The Balaban J connectivity index is 1.83. The monoisotopic (exact) mass is 390 g/mol. The zero-order valence-corrected chi connectivity index (χ0v) is 15.9. The number of aliphatic hydroxyl groups is 1. The van der Waals surface area contributed by atoms with Crippen LogP contribution >= 0.6 is 11.6 Å². The molecule has 0 aliphatic carbocycles. The number of aromatic nitrogens is 2. The van der Waals surface area contributed by atoms with Crippen molar-refractivity contribution in [3.63, 3.8) is 0 Å². The minimum absolute atomic E-state index is 0.171. The molecule has 1 aliphatic rings. The van der Waals surface area contributed by atoms with Crippen molar-refractivity contribution in [2.75, 3.05) is 13.1 Å². The first-order chi connectivity index (χ1) is 13.0. The van der Waals surface area contributed by atoms with Gasteiger partial charge >= 0.3 is 0 Å². The van der Waals surface area contributed by atoms with E-state index in [0.717, 1.165) is 18.4 Å². The zero-order chi connectivity index (χ0) is 19.4. The number of benzene rings is 1. The molecular formula is C19H23ClN4O3. The number of unbranched alkanes of at least 4 members (excludes halogenated alkanes) is 1. The van der Waals surface area contributed by atoms with Crippen LogP contribution in [0.1, 0.15) is 46.3 Å². The molecule has 1 aromatic carbocycles. The second-order valence-electron chi connectivity index (χ2n) is 6.67. The Labute approximate surface area is 162 Å². The van der Waals surface area contributed by atoms with Gasteiger partial charge in [-0.3, -0.25) is 14.3 Å². The number of hydrogen-bond donors (Lipinski definition) is 2. The topological polar surface area (TPSA) is 87.5 Å². The van der Waals surface area contributed by atoms with Crippen LogP contribution in [0.25, 0.3) is 0 Å². The number of nitrogens with one attached hydrogen (secondary N) is 1. The summed E-state index contributed by atoms with van der Waals surface area (Å²) in [6, 6.07) is 8.87. The van der Waals surface area contributed by atoms with Gasteiger partial charge in [0.15, 0.2) is 5.69 Å². The van der Waals surface area contributed by atoms with E-state index in [-0.39, 0.29) is 36.3 Å². The fourth-order valence-corrected chi connectivity index (χ4v) is 3.11. The van der Waals surface area contributed by atoms with Crippen LogP contribution in [-0.2, 0) is 13.1 Å². The Kier molecular flexibility index (Phi) is 6.13. The minimum atomic E-state index is -0.733. The first-order valence-corrected chi connectivity index (χ1v) is 9.43. The van der Waals surface area contributed by atoms with Crippen molar-refractivity contribution < 1.29 is 14.7 Å². The van der Waals surface area contributed by atoms with Gasteiger partial charge in [-0.1, -0.05) is 37.1 Å². The predicted octanol–water partition coefficient (Wildman–Crippen LogP) is 2.08. The number of halogens is 1. The molecule has 3 rings (SSSR count). The first-order valence-electron chi connectivity index (χ1n) is 9.05. The molecule has 0 bridgehead atoms. The highest BCUT2D eigenvalue weighted by atomic mass is 35.5. The molecule has 2 amide bonds. The summed E-state index contributed by atoms with van der Waals surface area (Å²) in [6.07, 6.45) is 1.09. The molecule has 0 radical (unpaired) electrons. The number of amides is 2. The van der Waals surface area contributed by atoms with Crippen LogP contribution in [-0.4, -0.2) is 50.8 Å². The molecule has 0 spiro atoms. The number of nitrogens with zero attached hydrogens (tertiary/aromatic N) is 3. The molecule has 1 atom stereocenters. The largest absolute Gasteiger partial charge is 0.389 e. The third-order valence-corrected chi connectivity index (χ3v) is 4.72. The van der Waals surface area contributed by atoms with Gasteiger partial charge < -0.3 is 15.3 Å². The zero-order valence-electron chi connectivity index (χ0n) is 15.2. The van der Waals surface area contributed by atoms with Crippen LogP contribution in [0.4, 0.5) is 0 Å². The Morgan fingerprint density at radius 1 is 1.41 bits per heavy atom.